The lowest BCUT2D eigenvalue weighted by Gasteiger charge is -2.18. The lowest BCUT2D eigenvalue weighted by Crippen LogP contribution is -2.06. The van der Waals surface area contributed by atoms with E-state index in [1.807, 2.05) is 11.3 Å². The van der Waals surface area contributed by atoms with Crippen LogP contribution in [0.2, 0.25) is 0 Å². The summed E-state index contributed by atoms with van der Waals surface area (Å²) in [7, 11) is 0. The van der Waals surface area contributed by atoms with Gasteiger partial charge in [-0.1, -0.05) is 71.4 Å². The molecule has 0 saturated heterocycles. The maximum Gasteiger partial charge on any atom is 0.0424 e. The van der Waals surface area contributed by atoms with Gasteiger partial charge >= 0.3 is 0 Å². The number of fused-ring (bicyclic) bond motifs is 1. The van der Waals surface area contributed by atoms with Crippen molar-refractivity contribution in [2.75, 3.05) is 0 Å². The lowest BCUT2D eigenvalue weighted by molar-refractivity contribution is 0.575. The summed E-state index contributed by atoms with van der Waals surface area (Å²) in [5.74, 6) is 0.565. The Morgan fingerprint density at radius 1 is 1.00 bits per heavy atom. The summed E-state index contributed by atoms with van der Waals surface area (Å²) in [6, 6.07) is 19.4. The van der Waals surface area contributed by atoms with Crippen LogP contribution in [0.1, 0.15) is 22.9 Å². The molecule has 0 N–H and O–H groups in total. The first kappa shape index (κ1) is 13.8. The molecule has 0 amide bonds. The highest BCUT2D eigenvalue weighted by Gasteiger charge is 2.17. The normalized spacial score (nSPS) is 14.3. The molecule has 0 fully saturated rings. The van der Waals surface area contributed by atoms with Crippen LogP contribution in [0.5, 0.6) is 0 Å². The van der Waals surface area contributed by atoms with Gasteiger partial charge in [0.15, 0.2) is 0 Å². The molecule has 0 aliphatic carbocycles. The predicted molar refractivity (Wildman–Crippen MR) is 92.8 cm³/mol. The van der Waals surface area contributed by atoms with Gasteiger partial charge in [0.05, 0.1) is 0 Å². The Balaban J connectivity index is 1.80. The van der Waals surface area contributed by atoms with Crippen molar-refractivity contribution in [3.8, 4) is 0 Å². The van der Waals surface area contributed by atoms with Gasteiger partial charge in [-0.3, -0.25) is 0 Å². The van der Waals surface area contributed by atoms with E-state index in [-0.39, 0.29) is 0 Å². The number of hydrogen-bond acceptors (Lipinski definition) is 1. The molecule has 2 aromatic carbocycles. The van der Waals surface area contributed by atoms with Crippen molar-refractivity contribution in [3.05, 3.63) is 71.1 Å². The molecule has 0 spiro atoms. The Labute approximate surface area is 132 Å². The minimum atomic E-state index is 0.405. The summed E-state index contributed by atoms with van der Waals surface area (Å²) in [4.78, 5) is 0.405. The van der Waals surface area contributed by atoms with E-state index in [2.05, 4.69) is 82.8 Å². The van der Waals surface area contributed by atoms with Crippen LogP contribution in [0.15, 0.2) is 60.0 Å². The standard InChI is InChI=1S/C18H17BrS/c1-13(18(19)14-7-3-2-4-8-14)11-15-12-20-17-10-6-5-9-16(15)17/h2-10,12-13,18H,11H2,1H3. The fourth-order valence-corrected chi connectivity index (χ4v) is 4.07. The van der Waals surface area contributed by atoms with Crippen LogP contribution in [0.4, 0.5) is 0 Å². The summed E-state index contributed by atoms with van der Waals surface area (Å²) >= 11 is 5.71. The molecule has 20 heavy (non-hydrogen) atoms. The van der Waals surface area contributed by atoms with Gasteiger partial charge in [-0.15, -0.1) is 11.3 Å². The second-order valence-corrected chi connectivity index (χ2v) is 7.15. The van der Waals surface area contributed by atoms with E-state index in [9.17, 15) is 0 Å². The van der Waals surface area contributed by atoms with Gasteiger partial charge in [0.1, 0.15) is 0 Å². The van der Waals surface area contributed by atoms with Gasteiger partial charge in [-0.25, -0.2) is 0 Å². The first-order chi connectivity index (χ1) is 9.75. The average Bonchev–Trinajstić information content (AvgIpc) is 2.91. The van der Waals surface area contributed by atoms with Gasteiger partial charge in [0.2, 0.25) is 0 Å². The van der Waals surface area contributed by atoms with Crippen LogP contribution in [-0.2, 0) is 6.42 Å². The highest BCUT2D eigenvalue weighted by Crippen LogP contribution is 2.35. The second-order valence-electron chi connectivity index (χ2n) is 5.25. The average molecular weight is 345 g/mol. The van der Waals surface area contributed by atoms with Crippen molar-refractivity contribution < 1.29 is 0 Å². The summed E-state index contributed by atoms with van der Waals surface area (Å²) in [6.45, 7) is 2.32. The smallest absolute Gasteiger partial charge is 0.0424 e. The maximum absolute atomic E-state index is 3.86. The van der Waals surface area contributed by atoms with E-state index >= 15 is 0 Å². The molecule has 2 heteroatoms. The molecular formula is C18H17BrS. The van der Waals surface area contributed by atoms with Crippen molar-refractivity contribution in [1.82, 2.24) is 0 Å². The minimum Gasteiger partial charge on any atom is -0.144 e. The van der Waals surface area contributed by atoms with E-state index in [0.717, 1.165) is 6.42 Å². The molecule has 102 valence electrons. The number of benzene rings is 2. The van der Waals surface area contributed by atoms with Gasteiger partial charge in [0.25, 0.3) is 0 Å². The number of rotatable bonds is 4. The van der Waals surface area contributed by atoms with Crippen LogP contribution in [-0.4, -0.2) is 0 Å². The van der Waals surface area contributed by atoms with E-state index in [1.54, 1.807) is 0 Å². The molecule has 0 radical (unpaired) electrons. The second kappa shape index (κ2) is 6.11. The van der Waals surface area contributed by atoms with Gasteiger partial charge in [0, 0.05) is 9.53 Å². The third-order valence-corrected chi connectivity index (χ3v) is 6.16. The summed E-state index contributed by atoms with van der Waals surface area (Å²) in [6.07, 6.45) is 1.11. The molecule has 2 atom stereocenters. The molecular weight excluding hydrogens is 328 g/mol. The summed E-state index contributed by atoms with van der Waals surface area (Å²) in [5, 5.41) is 3.73. The van der Waals surface area contributed by atoms with Crippen LogP contribution in [0.25, 0.3) is 10.1 Å². The Morgan fingerprint density at radius 2 is 1.70 bits per heavy atom. The van der Waals surface area contributed by atoms with Crippen molar-refractivity contribution >= 4 is 37.4 Å². The zero-order chi connectivity index (χ0) is 13.9. The quantitative estimate of drug-likeness (QED) is 0.493. The number of thiophene rings is 1. The monoisotopic (exact) mass is 344 g/mol. The lowest BCUT2D eigenvalue weighted by atomic mass is 9.94. The van der Waals surface area contributed by atoms with Gasteiger partial charge in [-0.05, 0) is 40.3 Å². The van der Waals surface area contributed by atoms with Crippen molar-refractivity contribution in [3.63, 3.8) is 0 Å². The molecule has 1 heterocycles. The number of alkyl halides is 1. The number of hydrogen-bond donors (Lipinski definition) is 0. The van der Waals surface area contributed by atoms with E-state index in [1.165, 1.54) is 21.2 Å². The van der Waals surface area contributed by atoms with Gasteiger partial charge < -0.3 is 0 Å². The number of halogens is 1. The molecule has 0 aliphatic rings. The van der Waals surface area contributed by atoms with E-state index in [0.29, 0.717) is 10.7 Å². The van der Waals surface area contributed by atoms with E-state index < -0.39 is 0 Å². The zero-order valence-electron chi connectivity index (χ0n) is 11.4. The molecule has 2 unspecified atom stereocenters. The third-order valence-electron chi connectivity index (χ3n) is 3.72. The maximum atomic E-state index is 3.86. The molecule has 3 rings (SSSR count). The summed E-state index contributed by atoms with van der Waals surface area (Å²) in [5.41, 5.74) is 2.83. The van der Waals surface area contributed by atoms with Gasteiger partial charge in [-0.2, -0.15) is 0 Å². The molecule has 1 aromatic heterocycles. The highest BCUT2D eigenvalue weighted by molar-refractivity contribution is 9.09. The van der Waals surface area contributed by atoms with Crippen LogP contribution in [0, 0.1) is 5.92 Å². The minimum absolute atomic E-state index is 0.405. The Bertz CT molecular complexity index is 687. The SMILES string of the molecule is CC(Cc1csc2ccccc12)C(Br)c1ccccc1. The largest absolute Gasteiger partial charge is 0.144 e. The topological polar surface area (TPSA) is 0 Å². The first-order valence-corrected chi connectivity index (χ1v) is 8.69. The van der Waals surface area contributed by atoms with Crippen molar-refractivity contribution in [2.24, 2.45) is 5.92 Å². The zero-order valence-corrected chi connectivity index (χ0v) is 13.8. The highest BCUT2D eigenvalue weighted by atomic mass is 79.9. The Morgan fingerprint density at radius 3 is 2.50 bits per heavy atom. The Kier molecular flexibility index (Phi) is 4.23. The fraction of sp³-hybridized carbons (Fsp3) is 0.222. The third kappa shape index (κ3) is 2.82. The molecule has 0 bridgehead atoms. The predicted octanol–water partition coefficient (Wildman–Crippen LogP) is 6.22. The Hall–Kier alpha value is -1.12. The first-order valence-electron chi connectivity index (χ1n) is 6.90. The summed E-state index contributed by atoms with van der Waals surface area (Å²) < 4.78 is 1.39. The molecule has 0 aliphatic heterocycles. The van der Waals surface area contributed by atoms with Crippen molar-refractivity contribution in [2.45, 2.75) is 18.2 Å². The molecule has 0 nitrogen and oxygen atoms in total. The van der Waals surface area contributed by atoms with Crippen LogP contribution in [0.3, 0.4) is 0 Å². The fourth-order valence-electron chi connectivity index (χ4n) is 2.61. The van der Waals surface area contributed by atoms with Crippen LogP contribution < -0.4 is 0 Å². The van der Waals surface area contributed by atoms with Crippen LogP contribution >= 0.6 is 27.3 Å². The van der Waals surface area contributed by atoms with E-state index in [4.69, 9.17) is 0 Å². The molecule has 3 aromatic rings. The molecule has 0 saturated carbocycles. The van der Waals surface area contributed by atoms with Crippen molar-refractivity contribution in [1.29, 1.82) is 0 Å².